The Balaban J connectivity index is 1.32. The molecule has 1 aromatic carbocycles. The van der Waals surface area contributed by atoms with Gasteiger partial charge >= 0.3 is 0 Å². The van der Waals surface area contributed by atoms with Crippen molar-refractivity contribution in [3.8, 4) is 0 Å². The number of para-hydroxylation sites is 1. The second-order valence-electron chi connectivity index (χ2n) is 7.94. The number of carbonyl (C=O) groups is 2. The van der Waals surface area contributed by atoms with E-state index in [9.17, 15) is 9.59 Å². The predicted molar refractivity (Wildman–Crippen MR) is 103 cm³/mol. The van der Waals surface area contributed by atoms with Crippen LogP contribution in [0.2, 0.25) is 0 Å². The fourth-order valence-corrected chi connectivity index (χ4v) is 4.62. The van der Waals surface area contributed by atoms with Gasteiger partial charge in [0.1, 0.15) is 0 Å². The number of hydrogen-bond acceptors (Lipinski definition) is 4. The summed E-state index contributed by atoms with van der Waals surface area (Å²) in [5, 5.41) is 0. The van der Waals surface area contributed by atoms with Gasteiger partial charge in [0.15, 0.2) is 0 Å². The molecule has 3 aliphatic heterocycles. The molecule has 2 fully saturated rings. The van der Waals surface area contributed by atoms with Crippen LogP contribution in [0, 0.1) is 11.8 Å². The molecule has 27 heavy (non-hydrogen) atoms. The zero-order chi connectivity index (χ0) is 18.8. The number of amides is 2. The van der Waals surface area contributed by atoms with Crippen LogP contribution in [-0.2, 0) is 20.7 Å². The molecular formula is C21H29N3O3. The molecule has 146 valence electrons. The molecule has 2 amide bonds. The van der Waals surface area contributed by atoms with Crippen molar-refractivity contribution in [2.75, 3.05) is 37.7 Å². The van der Waals surface area contributed by atoms with Crippen molar-refractivity contribution in [1.29, 1.82) is 0 Å². The Hall–Kier alpha value is -1.92. The number of fused-ring (bicyclic) bond motifs is 1. The van der Waals surface area contributed by atoms with Crippen molar-refractivity contribution in [3.63, 3.8) is 0 Å². The van der Waals surface area contributed by atoms with E-state index >= 15 is 0 Å². The zero-order valence-electron chi connectivity index (χ0n) is 15.8. The van der Waals surface area contributed by atoms with Crippen LogP contribution >= 0.6 is 0 Å². The summed E-state index contributed by atoms with van der Waals surface area (Å²) >= 11 is 0. The molecular weight excluding hydrogens is 342 g/mol. The number of ether oxygens (including phenoxy) is 1. The molecule has 2 saturated heterocycles. The fraction of sp³-hybridized carbons (Fsp3) is 0.619. The average molecular weight is 371 g/mol. The van der Waals surface area contributed by atoms with E-state index in [-0.39, 0.29) is 23.7 Å². The van der Waals surface area contributed by atoms with Gasteiger partial charge in [0.05, 0.1) is 6.04 Å². The molecule has 4 rings (SSSR count). The number of hydrogen-bond donors (Lipinski definition) is 1. The minimum atomic E-state index is -0.438. The van der Waals surface area contributed by atoms with Gasteiger partial charge in [-0.1, -0.05) is 18.2 Å². The predicted octanol–water partition coefficient (Wildman–Crippen LogP) is 1.57. The van der Waals surface area contributed by atoms with Crippen molar-refractivity contribution in [3.05, 3.63) is 29.8 Å². The number of likely N-dealkylation sites (tertiary alicyclic amines) is 1. The summed E-state index contributed by atoms with van der Waals surface area (Å²) in [5.41, 5.74) is 8.56. The van der Waals surface area contributed by atoms with Crippen LogP contribution < -0.4 is 10.6 Å². The third-order valence-corrected chi connectivity index (χ3v) is 6.37. The van der Waals surface area contributed by atoms with Crippen molar-refractivity contribution in [1.82, 2.24) is 4.90 Å². The molecule has 6 nitrogen and oxygen atoms in total. The highest BCUT2D eigenvalue weighted by atomic mass is 16.5. The van der Waals surface area contributed by atoms with Crippen LogP contribution in [0.4, 0.5) is 5.69 Å². The highest BCUT2D eigenvalue weighted by Crippen LogP contribution is 2.31. The van der Waals surface area contributed by atoms with Crippen LogP contribution in [0.1, 0.15) is 31.2 Å². The number of anilines is 1. The summed E-state index contributed by atoms with van der Waals surface area (Å²) < 4.78 is 5.37. The Morgan fingerprint density at radius 3 is 2.48 bits per heavy atom. The van der Waals surface area contributed by atoms with Crippen molar-refractivity contribution < 1.29 is 14.3 Å². The third-order valence-electron chi connectivity index (χ3n) is 6.37. The van der Waals surface area contributed by atoms with E-state index in [4.69, 9.17) is 10.5 Å². The summed E-state index contributed by atoms with van der Waals surface area (Å²) in [6.07, 6.45) is 4.10. The van der Waals surface area contributed by atoms with E-state index in [2.05, 4.69) is 6.07 Å². The Kier molecular flexibility index (Phi) is 5.45. The molecule has 0 aliphatic carbocycles. The van der Waals surface area contributed by atoms with Crippen molar-refractivity contribution >= 4 is 17.5 Å². The van der Waals surface area contributed by atoms with Crippen LogP contribution in [0.5, 0.6) is 0 Å². The lowest BCUT2D eigenvalue weighted by atomic mass is 9.90. The zero-order valence-corrected chi connectivity index (χ0v) is 15.8. The quantitative estimate of drug-likeness (QED) is 0.875. The maximum absolute atomic E-state index is 13.0. The van der Waals surface area contributed by atoms with Gasteiger partial charge < -0.3 is 20.3 Å². The Morgan fingerprint density at radius 1 is 1.04 bits per heavy atom. The lowest BCUT2D eigenvalue weighted by molar-refractivity contribution is -0.138. The Bertz CT molecular complexity index is 694. The van der Waals surface area contributed by atoms with E-state index < -0.39 is 6.04 Å². The molecule has 1 atom stereocenters. The molecule has 1 aromatic rings. The largest absolute Gasteiger partial charge is 0.381 e. The highest BCUT2D eigenvalue weighted by Gasteiger charge is 2.36. The maximum Gasteiger partial charge on any atom is 0.239 e. The lowest BCUT2D eigenvalue weighted by Gasteiger charge is -2.36. The van der Waals surface area contributed by atoms with Crippen LogP contribution in [-0.4, -0.2) is 55.6 Å². The van der Waals surface area contributed by atoms with E-state index in [1.165, 1.54) is 5.56 Å². The third kappa shape index (κ3) is 3.73. The monoisotopic (exact) mass is 371 g/mol. The number of rotatable bonds is 3. The second-order valence-corrected chi connectivity index (χ2v) is 7.94. The standard InChI is InChI=1S/C21H29N3O3/c22-19(16-8-13-27-14-9-16)21(26)23-10-5-17(6-11-23)20(25)24-12-7-15-3-1-2-4-18(15)24/h1-4,16-17,19H,5-14,22H2. The number of piperidine rings is 1. The lowest BCUT2D eigenvalue weighted by Crippen LogP contribution is -2.52. The van der Waals surface area contributed by atoms with Crippen LogP contribution in [0.15, 0.2) is 24.3 Å². The molecule has 3 heterocycles. The molecule has 6 heteroatoms. The molecule has 3 aliphatic rings. The number of benzene rings is 1. The SMILES string of the molecule is NC(C(=O)N1CCC(C(=O)N2CCc3ccccc32)CC1)C1CCOCC1. The highest BCUT2D eigenvalue weighted by molar-refractivity contribution is 5.97. The molecule has 0 spiro atoms. The summed E-state index contributed by atoms with van der Waals surface area (Å²) in [7, 11) is 0. The topological polar surface area (TPSA) is 75.9 Å². The van der Waals surface area contributed by atoms with E-state index in [0.717, 1.165) is 44.3 Å². The minimum Gasteiger partial charge on any atom is -0.381 e. The summed E-state index contributed by atoms with van der Waals surface area (Å²) in [4.78, 5) is 29.6. The second kappa shape index (κ2) is 7.98. The van der Waals surface area contributed by atoms with E-state index in [0.29, 0.717) is 26.3 Å². The van der Waals surface area contributed by atoms with Gasteiger partial charge in [0, 0.05) is 44.5 Å². The molecule has 0 saturated carbocycles. The van der Waals surface area contributed by atoms with Gasteiger partial charge in [-0.2, -0.15) is 0 Å². The first-order valence-electron chi connectivity index (χ1n) is 10.2. The van der Waals surface area contributed by atoms with Gasteiger partial charge in [-0.25, -0.2) is 0 Å². The normalized spacial score (nSPS) is 22.6. The molecule has 1 unspecified atom stereocenters. The van der Waals surface area contributed by atoms with Gasteiger partial charge in [-0.05, 0) is 49.7 Å². The molecule has 2 N–H and O–H groups in total. The average Bonchev–Trinajstić information content (AvgIpc) is 3.17. The van der Waals surface area contributed by atoms with E-state index in [1.54, 1.807) is 0 Å². The summed E-state index contributed by atoms with van der Waals surface area (Å²) in [6.45, 7) is 3.41. The van der Waals surface area contributed by atoms with Crippen molar-refractivity contribution in [2.45, 2.75) is 38.1 Å². The number of carbonyl (C=O) groups excluding carboxylic acids is 2. The number of nitrogens with zero attached hydrogens (tertiary/aromatic N) is 2. The Morgan fingerprint density at radius 2 is 1.74 bits per heavy atom. The van der Waals surface area contributed by atoms with Crippen molar-refractivity contribution in [2.24, 2.45) is 17.6 Å². The summed E-state index contributed by atoms with van der Waals surface area (Å²) in [5.74, 6) is 0.464. The molecule has 0 aromatic heterocycles. The first-order valence-corrected chi connectivity index (χ1v) is 10.2. The molecule has 0 radical (unpaired) electrons. The smallest absolute Gasteiger partial charge is 0.239 e. The first-order chi connectivity index (χ1) is 13.1. The fourth-order valence-electron chi connectivity index (χ4n) is 4.62. The van der Waals surface area contributed by atoms with Crippen LogP contribution in [0.25, 0.3) is 0 Å². The minimum absolute atomic E-state index is 0.000453. The van der Waals surface area contributed by atoms with E-state index in [1.807, 2.05) is 28.0 Å². The first kappa shape index (κ1) is 18.4. The van der Waals surface area contributed by atoms with Crippen LogP contribution in [0.3, 0.4) is 0 Å². The summed E-state index contributed by atoms with van der Waals surface area (Å²) in [6, 6.07) is 7.71. The Labute approximate surface area is 160 Å². The molecule has 0 bridgehead atoms. The maximum atomic E-state index is 13.0. The van der Waals surface area contributed by atoms with Gasteiger partial charge in [0.2, 0.25) is 11.8 Å². The van der Waals surface area contributed by atoms with Gasteiger partial charge in [0.25, 0.3) is 0 Å². The van der Waals surface area contributed by atoms with Gasteiger partial charge in [-0.15, -0.1) is 0 Å². The van der Waals surface area contributed by atoms with Gasteiger partial charge in [-0.3, -0.25) is 9.59 Å². The number of nitrogens with two attached hydrogens (primary N) is 1.